The monoisotopic (exact) mass is 308 g/mol. The Bertz CT molecular complexity index is 612. The number of amides is 2. The largest absolute Gasteiger partial charge is 0.480 e. The van der Waals surface area contributed by atoms with Crippen LogP contribution < -0.4 is 0 Å². The summed E-state index contributed by atoms with van der Waals surface area (Å²) in [5, 5.41) is 11.4. The molecule has 2 amide bonds. The average molecular weight is 308 g/mol. The lowest BCUT2D eigenvalue weighted by atomic mass is 9.97. The van der Waals surface area contributed by atoms with Crippen LogP contribution in [0.2, 0.25) is 0 Å². The Labute approximate surface area is 126 Å². The Morgan fingerprint density at radius 2 is 2.24 bits per heavy atom. The molecule has 1 N–H and O–H groups in total. The zero-order valence-corrected chi connectivity index (χ0v) is 12.4. The molecule has 1 saturated heterocycles. The van der Waals surface area contributed by atoms with Crippen molar-refractivity contribution in [3.8, 4) is 0 Å². The number of carbonyl (C=O) groups excluding carboxylic acids is 2. The third-order valence-corrected chi connectivity index (χ3v) is 5.17. The number of carbonyl (C=O) groups is 3. The summed E-state index contributed by atoms with van der Waals surface area (Å²) in [4.78, 5) is 39.8. The quantitative estimate of drug-likeness (QED) is 0.839. The van der Waals surface area contributed by atoms with E-state index in [9.17, 15) is 19.5 Å². The molecule has 2 aliphatic rings. The van der Waals surface area contributed by atoms with Crippen LogP contribution in [0.15, 0.2) is 11.4 Å². The summed E-state index contributed by atoms with van der Waals surface area (Å²) in [6, 6.07) is 0.328. The second-order valence-electron chi connectivity index (χ2n) is 5.22. The van der Waals surface area contributed by atoms with Gasteiger partial charge in [-0.05, 0) is 30.4 Å². The molecule has 0 saturated carbocycles. The van der Waals surface area contributed by atoms with E-state index in [2.05, 4.69) is 0 Å². The minimum Gasteiger partial charge on any atom is -0.480 e. The molecule has 3 rings (SSSR count). The number of likely N-dealkylation sites (N-methyl/N-ethyl adjacent to an activating group) is 1. The molecular formula is C14H16N2O4S. The van der Waals surface area contributed by atoms with Gasteiger partial charge in [0.25, 0.3) is 0 Å². The Balaban J connectivity index is 1.94. The lowest BCUT2D eigenvalue weighted by Crippen LogP contribution is -2.48. The number of carboxylic acids is 1. The fourth-order valence-electron chi connectivity index (χ4n) is 3.20. The van der Waals surface area contributed by atoms with Crippen molar-refractivity contribution in [1.82, 2.24) is 9.80 Å². The van der Waals surface area contributed by atoms with Crippen molar-refractivity contribution in [2.75, 3.05) is 13.1 Å². The van der Waals surface area contributed by atoms with Crippen LogP contribution in [0.3, 0.4) is 0 Å². The van der Waals surface area contributed by atoms with Gasteiger partial charge in [0.15, 0.2) is 0 Å². The first kappa shape index (κ1) is 14.2. The van der Waals surface area contributed by atoms with Crippen molar-refractivity contribution in [3.05, 3.63) is 21.9 Å². The standard InChI is InChI=1S/C14H16N2O4S/c1-2-15-11(17)7-9(13(15)18)16-5-3-10-8(4-6-21-10)12(16)14(19)20/h4,6,9,12H,2-3,5,7H2,1H3,(H,19,20). The first-order chi connectivity index (χ1) is 10.0. The Morgan fingerprint density at radius 1 is 1.48 bits per heavy atom. The number of hydrogen-bond acceptors (Lipinski definition) is 5. The van der Waals surface area contributed by atoms with E-state index in [0.717, 1.165) is 16.9 Å². The topological polar surface area (TPSA) is 77.9 Å². The molecule has 0 aromatic carbocycles. The van der Waals surface area contributed by atoms with E-state index < -0.39 is 18.1 Å². The molecule has 2 unspecified atom stereocenters. The van der Waals surface area contributed by atoms with E-state index in [0.29, 0.717) is 13.1 Å². The number of rotatable bonds is 3. The zero-order valence-electron chi connectivity index (χ0n) is 11.6. The van der Waals surface area contributed by atoms with Crippen LogP contribution in [0.5, 0.6) is 0 Å². The van der Waals surface area contributed by atoms with Crippen molar-refractivity contribution < 1.29 is 19.5 Å². The van der Waals surface area contributed by atoms with Gasteiger partial charge < -0.3 is 5.11 Å². The van der Waals surface area contributed by atoms with E-state index in [-0.39, 0.29) is 18.2 Å². The Kier molecular flexibility index (Phi) is 3.54. The van der Waals surface area contributed by atoms with Gasteiger partial charge in [-0.25, -0.2) is 0 Å². The number of hydrogen-bond donors (Lipinski definition) is 1. The summed E-state index contributed by atoms with van der Waals surface area (Å²) < 4.78 is 0. The molecule has 0 spiro atoms. The van der Waals surface area contributed by atoms with Crippen molar-refractivity contribution in [2.24, 2.45) is 0 Å². The van der Waals surface area contributed by atoms with Gasteiger partial charge in [-0.15, -0.1) is 11.3 Å². The van der Waals surface area contributed by atoms with Gasteiger partial charge in [-0.2, -0.15) is 0 Å². The third-order valence-electron chi connectivity index (χ3n) is 4.17. The van der Waals surface area contributed by atoms with E-state index in [1.165, 1.54) is 4.90 Å². The molecule has 1 aromatic heterocycles. The highest BCUT2D eigenvalue weighted by molar-refractivity contribution is 7.10. The number of thiophene rings is 1. The van der Waals surface area contributed by atoms with Gasteiger partial charge in [-0.3, -0.25) is 24.2 Å². The maximum absolute atomic E-state index is 12.3. The van der Waals surface area contributed by atoms with Gasteiger partial charge in [0, 0.05) is 18.0 Å². The SMILES string of the molecule is CCN1C(=O)CC(N2CCc3sccc3C2C(=O)O)C1=O. The van der Waals surface area contributed by atoms with Gasteiger partial charge in [0.2, 0.25) is 11.8 Å². The molecule has 1 aromatic rings. The summed E-state index contributed by atoms with van der Waals surface area (Å²) in [7, 11) is 0. The van der Waals surface area contributed by atoms with Crippen LogP contribution in [-0.4, -0.2) is 51.8 Å². The second kappa shape index (κ2) is 5.23. The zero-order chi connectivity index (χ0) is 15.1. The molecule has 0 radical (unpaired) electrons. The summed E-state index contributed by atoms with van der Waals surface area (Å²) in [5.41, 5.74) is 0.758. The molecule has 7 heteroatoms. The van der Waals surface area contributed by atoms with E-state index in [1.807, 2.05) is 11.4 Å². The first-order valence-corrected chi connectivity index (χ1v) is 7.81. The lowest BCUT2D eigenvalue weighted by Gasteiger charge is -2.36. The van der Waals surface area contributed by atoms with Crippen LogP contribution in [0.1, 0.15) is 29.8 Å². The second-order valence-corrected chi connectivity index (χ2v) is 6.22. The molecule has 2 atom stereocenters. The number of nitrogens with zero attached hydrogens (tertiary/aromatic N) is 2. The van der Waals surface area contributed by atoms with Crippen LogP contribution in [0, 0.1) is 0 Å². The predicted molar refractivity (Wildman–Crippen MR) is 75.9 cm³/mol. The summed E-state index contributed by atoms with van der Waals surface area (Å²) >= 11 is 1.55. The summed E-state index contributed by atoms with van der Waals surface area (Å²) in [5.74, 6) is -1.45. The molecule has 21 heavy (non-hydrogen) atoms. The van der Waals surface area contributed by atoms with Gasteiger partial charge in [0.1, 0.15) is 6.04 Å². The number of carboxylic acid groups (broad SMARTS) is 1. The number of aliphatic carboxylic acids is 1. The molecule has 0 bridgehead atoms. The third kappa shape index (κ3) is 2.16. The minimum absolute atomic E-state index is 0.0793. The van der Waals surface area contributed by atoms with Crippen molar-refractivity contribution in [3.63, 3.8) is 0 Å². The highest BCUT2D eigenvalue weighted by atomic mass is 32.1. The van der Waals surface area contributed by atoms with Crippen LogP contribution in [0.25, 0.3) is 0 Å². The summed E-state index contributed by atoms with van der Waals surface area (Å²) in [6.45, 7) is 2.58. The fraction of sp³-hybridized carbons (Fsp3) is 0.500. The van der Waals surface area contributed by atoms with Crippen LogP contribution >= 0.6 is 11.3 Å². The minimum atomic E-state index is -0.968. The smallest absolute Gasteiger partial charge is 0.325 e. The molecule has 1 fully saturated rings. The van der Waals surface area contributed by atoms with E-state index in [4.69, 9.17) is 0 Å². The van der Waals surface area contributed by atoms with Gasteiger partial charge >= 0.3 is 5.97 Å². The first-order valence-electron chi connectivity index (χ1n) is 6.93. The lowest BCUT2D eigenvalue weighted by molar-refractivity contribution is -0.147. The Morgan fingerprint density at radius 3 is 2.86 bits per heavy atom. The van der Waals surface area contributed by atoms with E-state index in [1.54, 1.807) is 23.2 Å². The maximum Gasteiger partial charge on any atom is 0.325 e. The number of likely N-dealkylation sites (tertiary alicyclic amines) is 1. The van der Waals surface area contributed by atoms with Gasteiger partial charge in [-0.1, -0.05) is 0 Å². The molecule has 112 valence electrons. The van der Waals surface area contributed by atoms with Crippen molar-refractivity contribution in [1.29, 1.82) is 0 Å². The highest BCUT2D eigenvalue weighted by Gasteiger charge is 2.46. The molecular weight excluding hydrogens is 292 g/mol. The molecule has 2 aliphatic heterocycles. The van der Waals surface area contributed by atoms with Crippen LogP contribution in [-0.2, 0) is 20.8 Å². The molecule has 0 aliphatic carbocycles. The molecule has 3 heterocycles. The summed E-state index contributed by atoms with van der Waals surface area (Å²) in [6.07, 6.45) is 0.802. The highest BCUT2D eigenvalue weighted by Crippen LogP contribution is 2.36. The van der Waals surface area contributed by atoms with Crippen LogP contribution in [0.4, 0.5) is 0 Å². The number of fused-ring (bicyclic) bond motifs is 1. The van der Waals surface area contributed by atoms with Gasteiger partial charge in [0.05, 0.1) is 12.5 Å². The molecule has 6 nitrogen and oxygen atoms in total. The fourth-order valence-corrected chi connectivity index (χ4v) is 4.11. The van der Waals surface area contributed by atoms with E-state index >= 15 is 0 Å². The Hall–Kier alpha value is -1.73. The number of imide groups is 1. The van der Waals surface area contributed by atoms with Crippen molar-refractivity contribution >= 4 is 29.1 Å². The predicted octanol–water partition coefficient (Wildman–Crippen LogP) is 0.879. The average Bonchev–Trinajstić information content (AvgIpc) is 3.01. The van der Waals surface area contributed by atoms with Crippen molar-refractivity contribution in [2.45, 2.75) is 31.8 Å². The normalized spacial score (nSPS) is 26.2. The maximum atomic E-state index is 12.3.